The van der Waals surface area contributed by atoms with Gasteiger partial charge in [-0.05, 0) is 48.2 Å². The summed E-state index contributed by atoms with van der Waals surface area (Å²) in [5.74, 6) is -0.335. The first-order valence-corrected chi connectivity index (χ1v) is 15.1. The van der Waals surface area contributed by atoms with Crippen molar-refractivity contribution in [3.8, 4) is 0 Å². The highest BCUT2D eigenvalue weighted by Gasteiger charge is 2.32. The first kappa shape index (κ1) is 28.7. The van der Waals surface area contributed by atoms with Crippen LogP contribution in [0.5, 0.6) is 0 Å². The SMILES string of the molecule is O=C(NC1CCCC1)[C@H](Cc1ccccc1)N(Cc1cccc(Br)c1)C(=O)CSCc1c(F)cccc1Cl. The third-order valence-corrected chi connectivity index (χ3v) is 8.54. The van der Waals surface area contributed by atoms with Crippen LogP contribution in [0.1, 0.15) is 42.4 Å². The lowest BCUT2D eigenvalue weighted by Crippen LogP contribution is -2.52. The molecule has 0 aliphatic heterocycles. The number of carbonyl (C=O) groups excluding carboxylic acids is 2. The van der Waals surface area contributed by atoms with E-state index in [1.807, 2.05) is 54.6 Å². The van der Waals surface area contributed by atoms with Gasteiger partial charge in [-0.25, -0.2) is 4.39 Å². The smallest absolute Gasteiger partial charge is 0.243 e. The van der Waals surface area contributed by atoms with Crippen molar-refractivity contribution >= 4 is 51.1 Å². The van der Waals surface area contributed by atoms with Crippen LogP contribution < -0.4 is 5.32 Å². The molecule has 2 amide bonds. The van der Waals surface area contributed by atoms with E-state index in [9.17, 15) is 14.0 Å². The summed E-state index contributed by atoms with van der Waals surface area (Å²) in [5.41, 5.74) is 2.28. The van der Waals surface area contributed by atoms with Crippen LogP contribution >= 0.6 is 39.3 Å². The molecule has 3 aromatic rings. The highest BCUT2D eigenvalue weighted by molar-refractivity contribution is 9.10. The van der Waals surface area contributed by atoms with Crippen LogP contribution in [-0.2, 0) is 28.3 Å². The Balaban J connectivity index is 1.58. The number of nitrogens with zero attached hydrogens (tertiary/aromatic N) is 1. The standard InChI is InChI=1S/C30H31BrClFN2O2S/c31-23-11-6-10-22(16-23)18-35(29(36)20-38-19-25-26(32)14-7-15-27(25)33)28(17-21-8-2-1-3-9-21)30(37)34-24-12-4-5-13-24/h1-3,6-11,14-16,24,28H,4-5,12-13,17-20H2,(H,34,37)/t28-/m0/s1. The number of hydrogen-bond acceptors (Lipinski definition) is 3. The fourth-order valence-corrected chi connectivity index (χ4v) is 6.44. The molecule has 0 bridgehead atoms. The highest BCUT2D eigenvalue weighted by Crippen LogP contribution is 2.26. The van der Waals surface area contributed by atoms with Crippen molar-refractivity contribution in [1.29, 1.82) is 0 Å². The van der Waals surface area contributed by atoms with Crippen LogP contribution in [0.3, 0.4) is 0 Å². The molecule has 1 saturated carbocycles. The minimum Gasteiger partial charge on any atom is -0.352 e. The number of rotatable bonds is 11. The molecule has 38 heavy (non-hydrogen) atoms. The van der Waals surface area contributed by atoms with Gasteiger partial charge in [-0.1, -0.05) is 88.9 Å². The lowest BCUT2D eigenvalue weighted by Gasteiger charge is -2.32. The Labute approximate surface area is 241 Å². The van der Waals surface area contributed by atoms with Gasteiger partial charge < -0.3 is 10.2 Å². The van der Waals surface area contributed by atoms with E-state index in [-0.39, 0.29) is 41.7 Å². The Hall–Kier alpha value is -2.35. The molecule has 3 aromatic carbocycles. The molecule has 200 valence electrons. The van der Waals surface area contributed by atoms with Gasteiger partial charge in [0, 0.05) is 39.8 Å². The quantitative estimate of drug-likeness (QED) is 0.248. The summed E-state index contributed by atoms with van der Waals surface area (Å²) in [6.07, 6.45) is 4.53. The summed E-state index contributed by atoms with van der Waals surface area (Å²) in [6.45, 7) is 0.287. The van der Waals surface area contributed by atoms with Crippen LogP contribution in [0.25, 0.3) is 0 Å². The maximum absolute atomic E-state index is 14.3. The lowest BCUT2D eigenvalue weighted by molar-refractivity contribution is -0.139. The average molecular weight is 618 g/mol. The Kier molecular flexibility index (Phi) is 10.7. The third-order valence-electron chi connectivity index (χ3n) is 6.75. The van der Waals surface area contributed by atoms with Gasteiger partial charge in [-0.3, -0.25) is 9.59 Å². The van der Waals surface area contributed by atoms with Crippen LogP contribution in [0.15, 0.2) is 77.3 Å². The van der Waals surface area contributed by atoms with Gasteiger partial charge in [0.05, 0.1) is 5.75 Å². The van der Waals surface area contributed by atoms with E-state index in [0.717, 1.165) is 41.3 Å². The van der Waals surface area contributed by atoms with Crippen molar-refractivity contribution in [2.75, 3.05) is 5.75 Å². The predicted octanol–water partition coefficient (Wildman–Crippen LogP) is 7.17. The van der Waals surface area contributed by atoms with Crippen molar-refractivity contribution in [2.45, 2.75) is 56.5 Å². The lowest BCUT2D eigenvalue weighted by atomic mass is 10.0. The Morgan fingerprint density at radius 1 is 1.03 bits per heavy atom. The van der Waals surface area contributed by atoms with Gasteiger partial charge >= 0.3 is 0 Å². The van der Waals surface area contributed by atoms with Gasteiger partial charge in [0.15, 0.2) is 0 Å². The van der Waals surface area contributed by atoms with E-state index >= 15 is 0 Å². The van der Waals surface area contributed by atoms with Crippen molar-refractivity contribution in [2.24, 2.45) is 0 Å². The Bertz CT molecular complexity index is 1220. The van der Waals surface area contributed by atoms with Crippen molar-refractivity contribution in [3.63, 3.8) is 0 Å². The van der Waals surface area contributed by atoms with Crippen LogP contribution in [0.2, 0.25) is 5.02 Å². The molecule has 0 saturated heterocycles. The molecule has 4 rings (SSSR count). The maximum Gasteiger partial charge on any atom is 0.243 e. The average Bonchev–Trinajstić information content (AvgIpc) is 3.41. The molecule has 8 heteroatoms. The van der Waals surface area contributed by atoms with Crippen LogP contribution in [-0.4, -0.2) is 34.6 Å². The molecule has 1 N–H and O–H groups in total. The number of carbonyl (C=O) groups is 2. The number of nitrogens with one attached hydrogen (secondary N) is 1. The van der Waals surface area contributed by atoms with E-state index < -0.39 is 6.04 Å². The van der Waals surface area contributed by atoms with Gasteiger partial charge in [-0.15, -0.1) is 11.8 Å². The summed E-state index contributed by atoms with van der Waals surface area (Å²) in [4.78, 5) is 29.1. The van der Waals surface area contributed by atoms with Gasteiger partial charge in [-0.2, -0.15) is 0 Å². The van der Waals surface area contributed by atoms with E-state index in [1.165, 1.54) is 17.8 Å². The fourth-order valence-electron chi connectivity index (χ4n) is 4.75. The van der Waals surface area contributed by atoms with E-state index in [1.54, 1.807) is 17.0 Å². The molecule has 1 aliphatic rings. The number of thioether (sulfide) groups is 1. The molecule has 0 heterocycles. The number of halogens is 3. The van der Waals surface area contributed by atoms with Crippen LogP contribution in [0.4, 0.5) is 4.39 Å². The van der Waals surface area contributed by atoms with Crippen molar-refractivity contribution in [3.05, 3.63) is 105 Å². The molecule has 4 nitrogen and oxygen atoms in total. The normalized spacial score (nSPS) is 14.3. The molecule has 0 aromatic heterocycles. The summed E-state index contributed by atoms with van der Waals surface area (Å²) >= 11 is 11.0. The molecule has 0 radical (unpaired) electrons. The van der Waals surface area contributed by atoms with Gasteiger partial charge in [0.2, 0.25) is 11.8 Å². The first-order chi connectivity index (χ1) is 18.4. The second kappa shape index (κ2) is 14.2. The Morgan fingerprint density at radius 2 is 1.74 bits per heavy atom. The topological polar surface area (TPSA) is 49.4 Å². The molecule has 1 atom stereocenters. The second-order valence-corrected chi connectivity index (χ2v) is 11.8. The van der Waals surface area contributed by atoms with E-state index in [0.29, 0.717) is 17.0 Å². The minimum absolute atomic E-state index is 0.0979. The molecule has 1 fully saturated rings. The van der Waals surface area contributed by atoms with E-state index in [4.69, 9.17) is 11.6 Å². The van der Waals surface area contributed by atoms with Crippen LogP contribution in [0, 0.1) is 5.82 Å². The van der Waals surface area contributed by atoms with Crippen molar-refractivity contribution < 1.29 is 14.0 Å². The molecular weight excluding hydrogens is 587 g/mol. The second-order valence-electron chi connectivity index (χ2n) is 9.54. The maximum atomic E-state index is 14.3. The Morgan fingerprint density at radius 3 is 2.45 bits per heavy atom. The first-order valence-electron chi connectivity index (χ1n) is 12.8. The molecule has 0 spiro atoms. The zero-order valence-corrected chi connectivity index (χ0v) is 24.2. The summed E-state index contributed by atoms with van der Waals surface area (Å²) in [7, 11) is 0. The molecule has 0 unspecified atom stereocenters. The number of amides is 2. The minimum atomic E-state index is -0.679. The molecule has 1 aliphatic carbocycles. The third kappa shape index (κ3) is 8.08. The molecular formula is C30H31BrClFN2O2S. The summed E-state index contributed by atoms with van der Waals surface area (Å²) in [5, 5.41) is 3.55. The summed E-state index contributed by atoms with van der Waals surface area (Å²) in [6, 6.07) is 21.6. The predicted molar refractivity (Wildman–Crippen MR) is 157 cm³/mol. The fraction of sp³-hybridized carbons (Fsp3) is 0.333. The highest BCUT2D eigenvalue weighted by atomic mass is 79.9. The monoisotopic (exact) mass is 616 g/mol. The zero-order chi connectivity index (χ0) is 26.9. The summed E-state index contributed by atoms with van der Waals surface area (Å²) < 4.78 is 15.2. The number of benzene rings is 3. The van der Waals surface area contributed by atoms with Gasteiger partial charge in [0.1, 0.15) is 11.9 Å². The zero-order valence-electron chi connectivity index (χ0n) is 21.0. The van der Waals surface area contributed by atoms with Gasteiger partial charge in [0.25, 0.3) is 0 Å². The largest absolute Gasteiger partial charge is 0.352 e. The number of hydrogen-bond donors (Lipinski definition) is 1. The van der Waals surface area contributed by atoms with Crippen molar-refractivity contribution in [1.82, 2.24) is 10.2 Å². The van der Waals surface area contributed by atoms with E-state index in [2.05, 4.69) is 21.2 Å².